The Morgan fingerprint density at radius 3 is 2.00 bits per heavy atom. The van der Waals surface area contributed by atoms with Crippen LogP contribution >= 0.6 is 0 Å². The van der Waals surface area contributed by atoms with Gasteiger partial charge >= 0.3 is 6.03 Å². The summed E-state index contributed by atoms with van der Waals surface area (Å²) in [4.78, 5) is 43.8. The van der Waals surface area contributed by atoms with Gasteiger partial charge in [-0.25, -0.2) is 9.78 Å². The summed E-state index contributed by atoms with van der Waals surface area (Å²) in [6, 6.07) is 20.3. The molecule has 3 amide bonds. The van der Waals surface area contributed by atoms with Crippen molar-refractivity contribution in [1.82, 2.24) is 25.2 Å². The van der Waals surface area contributed by atoms with Gasteiger partial charge in [0.25, 0.3) is 5.91 Å². The summed E-state index contributed by atoms with van der Waals surface area (Å²) < 4.78 is 5.52. The minimum atomic E-state index is -0.398. The zero-order valence-electron chi connectivity index (χ0n) is 25.7. The highest BCUT2D eigenvalue weighted by atomic mass is 16.5. The lowest BCUT2D eigenvalue weighted by Crippen LogP contribution is -2.37. The summed E-state index contributed by atoms with van der Waals surface area (Å²) in [5.74, 6) is 1.59. The number of carbonyl (C=O) groups is 2. The largest absolute Gasteiger partial charge is 0.378 e. The third kappa shape index (κ3) is 7.19. The Bertz CT molecular complexity index is 1620. The number of hydrogen-bond donors (Lipinski definition) is 3. The summed E-state index contributed by atoms with van der Waals surface area (Å²) in [6.45, 7) is 6.71. The topological polar surface area (TPSA) is 125 Å². The van der Waals surface area contributed by atoms with Gasteiger partial charge in [0.05, 0.1) is 13.2 Å². The molecular weight excluding hydrogens is 556 g/mol. The van der Waals surface area contributed by atoms with E-state index in [1.54, 1.807) is 19.2 Å². The summed E-state index contributed by atoms with van der Waals surface area (Å²) in [5, 5.41) is 8.44. The Balaban J connectivity index is 1.34. The number of amides is 3. The standard InChI is InChI=1S/C33H38N8O3/c1-21-6-8-23(9-7-21)29-37-30(39-32(38-29)41-16-18-44-19-17-41)24-10-12-25(13-11-24)35-33(43)36-26-14-15-27(31(42)34-3)28(20-26)22(2)40(4)5/h6-15,20,22H,16-19H2,1-5H3,(H,34,42)(H2,35,36,43). The molecule has 2 heterocycles. The highest BCUT2D eigenvalue weighted by molar-refractivity contribution is 6.01. The fourth-order valence-electron chi connectivity index (χ4n) is 4.83. The van der Waals surface area contributed by atoms with Crippen molar-refractivity contribution in [3.05, 3.63) is 83.4 Å². The second kappa shape index (κ2) is 13.6. The van der Waals surface area contributed by atoms with Crippen molar-refractivity contribution in [1.29, 1.82) is 0 Å². The first-order chi connectivity index (χ1) is 21.2. The van der Waals surface area contributed by atoms with E-state index in [1.807, 2.05) is 87.4 Å². The fourth-order valence-corrected chi connectivity index (χ4v) is 4.83. The molecule has 228 valence electrons. The number of rotatable bonds is 8. The van der Waals surface area contributed by atoms with E-state index in [1.165, 1.54) is 0 Å². The number of aryl methyl sites for hydroxylation is 1. The quantitative estimate of drug-likeness (QED) is 0.261. The third-order valence-electron chi connectivity index (χ3n) is 7.63. The predicted molar refractivity (Wildman–Crippen MR) is 173 cm³/mol. The molecule has 0 saturated carbocycles. The zero-order chi connectivity index (χ0) is 31.2. The molecule has 3 N–H and O–H groups in total. The molecule has 0 radical (unpaired) electrons. The number of hydrogen-bond acceptors (Lipinski definition) is 8. The lowest BCUT2D eigenvalue weighted by Gasteiger charge is -2.27. The molecule has 11 heteroatoms. The monoisotopic (exact) mass is 594 g/mol. The van der Waals surface area contributed by atoms with E-state index >= 15 is 0 Å². The molecule has 0 aliphatic carbocycles. The second-order valence-electron chi connectivity index (χ2n) is 10.9. The molecule has 3 aromatic carbocycles. The smallest absolute Gasteiger partial charge is 0.323 e. The molecule has 0 spiro atoms. The summed E-state index contributed by atoms with van der Waals surface area (Å²) >= 11 is 0. The number of anilines is 3. The van der Waals surface area contributed by atoms with Gasteiger partial charge in [0.1, 0.15) is 0 Å². The van der Waals surface area contributed by atoms with Gasteiger partial charge in [-0.3, -0.25) is 4.79 Å². The van der Waals surface area contributed by atoms with E-state index in [4.69, 9.17) is 19.7 Å². The van der Waals surface area contributed by atoms with Crippen LogP contribution in [0.15, 0.2) is 66.7 Å². The summed E-state index contributed by atoms with van der Waals surface area (Å²) in [5.41, 5.74) is 5.44. The third-order valence-corrected chi connectivity index (χ3v) is 7.63. The average Bonchev–Trinajstić information content (AvgIpc) is 3.04. The van der Waals surface area contributed by atoms with Crippen LogP contribution in [0.4, 0.5) is 22.1 Å². The van der Waals surface area contributed by atoms with Gasteiger partial charge in [0.15, 0.2) is 11.6 Å². The first kappa shape index (κ1) is 30.6. The highest BCUT2D eigenvalue weighted by Gasteiger charge is 2.20. The summed E-state index contributed by atoms with van der Waals surface area (Å²) in [6.07, 6.45) is 0. The van der Waals surface area contributed by atoms with Crippen LogP contribution in [0.5, 0.6) is 0 Å². The van der Waals surface area contributed by atoms with Crippen LogP contribution in [-0.4, -0.2) is 79.2 Å². The normalized spacial score (nSPS) is 13.8. The number of nitrogens with zero attached hydrogens (tertiary/aromatic N) is 5. The van der Waals surface area contributed by atoms with Crippen LogP contribution < -0.4 is 20.9 Å². The summed E-state index contributed by atoms with van der Waals surface area (Å²) in [7, 11) is 5.49. The van der Waals surface area contributed by atoms with Crippen LogP contribution in [0.3, 0.4) is 0 Å². The van der Waals surface area contributed by atoms with Crippen molar-refractivity contribution in [2.45, 2.75) is 19.9 Å². The number of ether oxygens (including phenoxy) is 1. The number of nitrogens with one attached hydrogen (secondary N) is 3. The van der Waals surface area contributed by atoms with Crippen molar-refractivity contribution >= 4 is 29.3 Å². The SMILES string of the molecule is CNC(=O)c1ccc(NC(=O)Nc2ccc(-c3nc(-c4ccc(C)cc4)nc(N4CCOCC4)n3)cc2)cc1C(C)N(C)C. The molecule has 1 atom stereocenters. The van der Waals surface area contributed by atoms with Crippen LogP contribution in [0.25, 0.3) is 22.8 Å². The number of benzene rings is 3. The van der Waals surface area contributed by atoms with Crippen molar-refractivity contribution in [2.75, 3.05) is 63.0 Å². The molecular formula is C33H38N8O3. The maximum absolute atomic E-state index is 12.9. The van der Waals surface area contributed by atoms with E-state index in [-0.39, 0.29) is 11.9 Å². The van der Waals surface area contributed by atoms with E-state index < -0.39 is 6.03 Å². The lowest BCUT2D eigenvalue weighted by atomic mass is 9.99. The molecule has 1 aromatic heterocycles. The van der Waals surface area contributed by atoms with Crippen molar-refractivity contribution < 1.29 is 14.3 Å². The second-order valence-corrected chi connectivity index (χ2v) is 10.9. The predicted octanol–water partition coefficient (Wildman–Crippen LogP) is 4.98. The average molecular weight is 595 g/mol. The number of morpholine rings is 1. The first-order valence-corrected chi connectivity index (χ1v) is 14.6. The van der Waals surface area contributed by atoms with E-state index in [9.17, 15) is 9.59 Å². The maximum Gasteiger partial charge on any atom is 0.323 e. The van der Waals surface area contributed by atoms with Crippen molar-refractivity contribution in [3.63, 3.8) is 0 Å². The Morgan fingerprint density at radius 1 is 0.841 bits per heavy atom. The van der Waals surface area contributed by atoms with Gasteiger partial charge in [-0.15, -0.1) is 0 Å². The lowest BCUT2D eigenvalue weighted by molar-refractivity contribution is 0.0960. The van der Waals surface area contributed by atoms with Gasteiger partial charge in [-0.05, 0) is 76.0 Å². The van der Waals surface area contributed by atoms with Gasteiger partial charge in [-0.1, -0.05) is 29.8 Å². The number of aromatic nitrogens is 3. The van der Waals surface area contributed by atoms with Crippen molar-refractivity contribution in [2.24, 2.45) is 0 Å². The molecule has 4 aromatic rings. The van der Waals surface area contributed by atoms with Gasteiger partial charge in [0.2, 0.25) is 5.95 Å². The minimum Gasteiger partial charge on any atom is -0.378 e. The van der Waals surface area contributed by atoms with Crippen LogP contribution in [0.1, 0.15) is 34.5 Å². The van der Waals surface area contributed by atoms with E-state index in [2.05, 4.69) is 20.9 Å². The molecule has 1 saturated heterocycles. The van der Waals surface area contributed by atoms with Crippen LogP contribution in [0, 0.1) is 6.92 Å². The molecule has 1 unspecified atom stereocenters. The van der Waals surface area contributed by atoms with Crippen LogP contribution in [0.2, 0.25) is 0 Å². The molecule has 1 fully saturated rings. The molecule has 11 nitrogen and oxygen atoms in total. The molecule has 44 heavy (non-hydrogen) atoms. The Hall–Kier alpha value is -4.87. The Kier molecular flexibility index (Phi) is 9.47. The first-order valence-electron chi connectivity index (χ1n) is 14.6. The molecule has 1 aliphatic rings. The van der Waals surface area contributed by atoms with Gasteiger partial charge < -0.3 is 30.5 Å². The van der Waals surface area contributed by atoms with Crippen LogP contribution in [-0.2, 0) is 4.74 Å². The zero-order valence-corrected chi connectivity index (χ0v) is 25.7. The van der Waals surface area contributed by atoms with Gasteiger partial charge in [-0.2, -0.15) is 9.97 Å². The maximum atomic E-state index is 12.9. The molecule has 1 aliphatic heterocycles. The van der Waals surface area contributed by atoms with Crippen molar-refractivity contribution in [3.8, 4) is 22.8 Å². The number of carbonyl (C=O) groups excluding carboxylic acids is 2. The molecule has 0 bridgehead atoms. The Labute approximate surface area is 257 Å². The molecule has 5 rings (SSSR count). The Morgan fingerprint density at radius 2 is 1.41 bits per heavy atom. The van der Waals surface area contributed by atoms with E-state index in [0.717, 1.165) is 22.3 Å². The fraction of sp³-hybridized carbons (Fsp3) is 0.303. The van der Waals surface area contributed by atoms with Gasteiger partial charge in [0, 0.05) is 54.2 Å². The number of urea groups is 1. The highest BCUT2D eigenvalue weighted by Crippen LogP contribution is 2.27. The van der Waals surface area contributed by atoms with E-state index in [0.29, 0.717) is 60.8 Å². The minimum absolute atomic E-state index is 0.0367.